The fourth-order valence-electron chi connectivity index (χ4n) is 2.86. The molecule has 0 bridgehead atoms. The fourth-order valence-corrected chi connectivity index (χ4v) is 2.86. The summed E-state index contributed by atoms with van der Waals surface area (Å²) in [5.74, 6) is 1.92. The number of guanidine groups is 1. The Hall–Kier alpha value is -0.860. The molecule has 6 nitrogen and oxygen atoms in total. The van der Waals surface area contributed by atoms with E-state index in [4.69, 9.17) is 0 Å². The van der Waals surface area contributed by atoms with Gasteiger partial charge in [0.05, 0.1) is 0 Å². The van der Waals surface area contributed by atoms with Gasteiger partial charge in [-0.2, -0.15) is 0 Å². The Morgan fingerprint density at radius 2 is 2.14 bits per heavy atom. The summed E-state index contributed by atoms with van der Waals surface area (Å²) in [5, 5.41) is 14.9. The van der Waals surface area contributed by atoms with E-state index in [1.807, 2.05) is 7.05 Å². The Morgan fingerprint density at radius 1 is 1.36 bits per heavy atom. The van der Waals surface area contributed by atoms with E-state index in [0.717, 1.165) is 37.8 Å². The second-order valence-electron chi connectivity index (χ2n) is 5.85. The van der Waals surface area contributed by atoms with Crippen LogP contribution in [0.4, 0.5) is 0 Å². The summed E-state index contributed by atoms with van der Waals surface area (Å²) in [6.07, 6.45) is 8.00. The van der Waals surface area contributed by atoms with Gasteiger partial charge in [-0.15, -0.1) is 34.2 Å². The smallest absolute Gasteiger partial charge is 0.191 e. The Kier molecular flexibility index (Phi) is 8.13. The van der Waals surface area contributed by atoms with Crippen molar-refractivity contribution in [1.29, 1.82) is 0 Å². The zero-order valence-electron chi connectivity index (χ0n) is 13.9. The highest BCUT2D eigenvalue weighted by Crippen LogP contribution is 2.42. The SMILES string of the molecule is CCc1nncn1CCNC(=NC)NCC1(CC)CCC1.I. The molecule has 126 valence electrons. The van der Waals surface area contributed by atoms with E-state index in [2.05, 4.69) is 44.2 Å². The molecule has 0 radical (unpaired) electrons. The molecule has 1 aromatic heterocycles. The number of nitrogens with one attached hydrogen (secondary N) is 2. The number of aromatic nitrogens is 3. The minimum Gasteiger partial charge on any atom is -0.356 e. The highest BCUT2D eigenvalue weighted by molar-refractivity contribution is 14.0. The minimum atomic E-state index is 0. The summed E-state index contributed by atoms with van der Waals surface area (Å²) >= 11 is 0. The lowest BCUT2D eigenvalue weighted by molar-refractivity contribution is 0.131. The first kappa shape index (κ1) is 19.2. The van der Waals surface area contributed by atoms with Crippen molar-refractivity contribution in [3.63, 3.8) is 0 Å². The van der Waals surface area contributed by atoms with Crippen molar-refractivity contribution in [3.8, 4) is 0 Å². The van der Waals surface area contributed by atoms with Crippen molar-refractivity contribution in [3.05, 3.63) is 12.2 Å². The average Bonchev–Trinajstić information content (AvgIpc) is 2.92. The molecule has 0 unspecified atom stereocenters. The second-order valence-corrected chi connectivity index (χ2v) is 5.85. The van der Waals surface area contributed by atoms with Crippen molar-refractivity contribution >= 4 is 29.9 Å². The molecule has 7 heteroatoms. The molecule has 2 rings (SSSR count). The van der Waals surface area contributed by atoms with E-state index in [0.29, 0.717) is 5.41 Å². The third-order valence-electron chi connectivity index (χ3n) is 4.68. The van der Waals surface area contributed by atoms with Crippen LogP contribution in [0.1, 0.15) is 45.4 Å². The average molecular weight is 420 g/mol. The maximum absolute atomic E-state index is 4.30. The topological polar surface area (TPSA) is 67.1 Å². The number of nitrogens with zero attached hydrogens (tertiary/aromatic N) is 4. The molecule has 22 heavy (non-hydrogen) atoms. The molecule has 1 aromatic rings. The molecule has 0 atom stereocenters. The normalized spacial score (nSPS) is 16.6. The number of rotatable bonds is 7. The van der Waals surface area contributed by atoms with E-state index in [1.165, 1.54) is 25.7 Å². The number of aryl methyl sites for hydroxylation is 1. The number of hydrogen-bond donors (Lipinski definition) is 2. The molecule has 1 fully saturated rings. The maximum atomic E-state index is 4.30. The van der Waals surface area contributed by atoms with Crippen molar-refractivity contribution < 1.29 is 0 Å². The van der Waals surface area contributed by atoms with Crippen LogP contribution in [0.3, 0.4) is 0 Å². The van der Waals surface area contributed by atoms with Gasteiger partial charge in [0.25, 0.3) is 0 Å². The van der Waals surface area contributed by atoms with Gasteiger partial charge in [0, 0.05) is 33.1 Å². The van der Waals surface area contributed by atoms with Crippen LogP contribution in [-0.4, -0.2) is 40.9 Å². The van der Waals surface area contributed by atoms with Gasteiger partial charge in [-0.05, 0) is 24.7 Å². The van der Waals surface area contributed by atoms with E-state index in [-0.39, 0.29) is 24.0 Å². The van der Waals surface area contributed by atoms with E-state index >= 15 is 0 Å². The molecule has 0 aromatic carbocycles. The number of halogens is 1. The highest BCUT2D eigenvalue weighted by Gasteiger charge is 2.34. The van der Waals surface area contributed by atoms with Gasteiger partial charge in [-0.3, -0.25) is 4.99 Å². The highest BCUT2D eigenvalue weighted by atomic mass is 127. The number of aliphatic imine (C=N–C) groups is 1. The molecule has 0 saturated heterocycles. The van der Waals surface area contributed by atoms with Gasteiger partial charge in [-0.1, -0.05) is 20.3 Å². The lowest BCUT2D eigenvalue weighted by Crippen LogP contribution is -2.46. The van der Waals surface area contributed by atoms with Crippen LogP contribution < -0.4 is 10.6 Å². The zero-order chi connectivity index (χ0) is 15.1. The van der Waals surface area contributed by atoms with Crippen LogP contribution in [0, 0.1) is 5.41 Å². The summed E-state index contributed by atoms with van der Waals surface area (Å²) < 4.78 is 2.08. The maximum Gasteiger partial charge on any atom is 0.191 e. The molecule has 0 aliphatic heterocycles. The van der Waals surface area contributed by atoms with Crippen LogP contribution in [0.25, 0.3) is 0 Å². The third kappa shape index (κ3) is 4.82. The molecule has 2 N–H and O–H groups in total. The zero-order valence-corrected chi connectivity index (χ0v) is 16.3. The van der Waals surface area contributed by atoms with Gasteiger partial charge in [0.15, 0.2) is 5.96 Å². The Labute approximate surface area is 150 Å². The monoisotopic (exact) mass is 420 g/mol. The summed E-state index contributed by atoms with van der Waals surface area (Å²) in [6, 6.07) is 0. The molecular weight excluding hydrogens is 391 g/mol. The standard InChI is InChI=1S/C15H28N6.HI/c1-4-13-20-19-12-21(13)10-9-17-14(16-3)18-11-15(5-2)7-6-8-15;/h12H,4-11H2,1-3H3,(H2,16,17,18);1H. The van der Waals surface area contributed by atoms with Crippen molar-refractivity contribution in [2.24, 2.45) is 10.4 Å². The van der Waals surface area contributed by atoms with Crippen LogP contribution in [-0.2, 0) is 13.0 Å². The van der Waals surface area contributed by atoms with E-state index < -0.39 is 0 Å². The van der Waals surface area contributed by atoms with Crippen molar-refractivity contribution in [2.75, 3.05) is 20.1 Å². The summed E-state index contributed by atoms with van der Waals surface area (Å²) in [4.78, 5) is 4.30. The lowest BCUT2D eigenvalue weighted by atomic mass is 9.67. The molecule has 0 amide bonds. The van der Waals surface area contributed by atoms with Crippen molar-refractivity contribution in [2.45, 2.75) is 52.5 Å². The van der Waals surface area contributed by atoms with Crippen molar-refractivity contribution in [1.82, 2.24) is 25.4 Å². The van der Waals surface area contributed by atoms with Crippen LogP contribution in [0.5, 0.6) is 0 Å². The molecular formula is C15H29IN6. The van der Waals surface area contributed by atoms with Gasteiger partial charge in [0.1, 0.15) is 12.2 Å². The largest absolute Gasteiger partial charge is 0.356 e. The third-order valence-corrected chi connectivity index (χ3v) is 4.68. The Bertz CT molecular complexity index is 461. The van der Waals surface area contributed by atoms with Crippen LogP contribution in [0.15, 0.2) is 11.3 Å². The molecule has 1 saturated carbocycles. The fraction of sp³-hybridized carbons (Fsp3) is 0.800. The molecule has 0 spiro atoms. The Morgan fingerprint density at radius 3 is 2.68 bits per heavy atom. The van der Waals surface area contributed by atoms with E-state index in [1.54, 1.807) is 6.33 Å². The first-order valence-electron chi connectivity index (χ1n) is 8.04. The quantitative estimate of drug-likeness (QED) is 0.403. The van der Waals surface area contributed by atoms with Gasteiger partial charge in [-0.25, -0.2) is 0 Å². The molecule has 1 aliphatic carbocycles. The van der Waals surface area contributed by atoms with E-state index in [9.17, 15) is 0 Å². The van der Waals surface area contributed by atoms with Gasteiger partial charge >= 0.3 is 0 Å². The first-order valence-corrected chi connectivity index (χ1v) is 8.04. The second kappa shape index (κ2) is 9.32. The minimum absolute atomic E-state index is 0. The number of hydrogen-bond acceptors (Lipinski definition) is 3. The molecule has 1 aliphatic rings. The predicted octanol–water partition coefficient (Wildman–Crippen LogP) is 2.20. The first-order chi connectivity index (χ1) is 10.2. The molecule has 1 heterocycles. The summed E-state index contributed by atoms with van der Waals surface area (Å²) in [6.45, 7) is 7.09. The van der Waals surface area contributed by atoms with Crippen LogP contribution >= 0.6 is 24.0 Å². The Balaban J connectivity index is 0.00000242. The summed E-state index contributed by atoms with van der Waals surface area (Å²) in [5.41, 5.74) is 0.501. The summed E-state index contributed by atoms with van der Waals surface area (Å²) in [7, 11) is 1.82. The predicted molar refractivity (Wildman–Crippen MR) is 101 cm³/mol. The lowest BCUT2D eigenvalue weighted by Gasteiger charge is -2.41. The van der Waals surface area contributed by atoms with Gasteiger partial charge in [0.2, 0.25) is 0 Å². The van der Waals surface area contributed by atoms with Crippen LogP contribution in [0.2, 0.25) is 0 Å². The van der Waals surface area contributed by atoms with Gasteiger partial charge < -0.3 is 15.2 Å².